The minimum Gasteiger partial charge on any atom is -0.387 e. The molecule has 0 fully saturated rings. The molecule has 0 aromatic heterocycles. The Hall–Kier alpha value is -0.220. The van der Waals surface area contributed by atoms with Gasteiger partial charge in [-0.2, -0.15) is 0 Å². The van der Waals surface area contributed by atoms with Gasteiger partial charge in [0, 0.05) is 0 Å². The molecule has 0 saturated carbocycles. The number of hydrogen-bond donors (Lipinski definition) is 2. The van der Waals surface area contributed by atoms with E-state index in [1.54, 1.807) is 0 Å². The van der Waals surface area contributed by atoms with E-state index in [1.807, 2.05) is 0 Å². The summed E-state index contributed by atoms with van der Waals surface area (Å²) < 4.78 is 22.0. The van der Waals surface area contributed by atoms with E-state index >= 15 is 0 Å². The van der Waals surface area contributed by atoms with E-state index in [4.69, 9.17) is 10.2 Å². The molecule has 43 valence electrons. The molecule has 0 aromatic rings. The van der Waals surface area contributed by atoms with Gasteiger partial charge in [-0.25, -0.2) is 8.78 Å². The van der Waals surface area contributed by atoms with Gasteiger partial charge in [-0.15, -0.1) is 0 Å². The zero-order chi connectivity index (χ0) is 5.86. The van der Waals surface area contributed by atoms with E-state index in [0.29, 0.717) is 0 Å². The zero-order valence-corrected chi connectivity index (χ0v) is 3.38. The van der Waals surface area contributed by atoms with Crippen molar-refractivity contribution in [1.82, 2.24) is 0 Å². The van der Waals surface area contributed by atoms with Crippen LogP contribution in [-0.4, -0.2) is 22.7 Å². The summed E-state index contributed by atoms with van der Waals surface area (Å²) in [5, 5.41) is 15.5. The van der Waals surface area contributed by atoms with Crippen LogP contribution in [0.4, 0.5) is 8.78 Å². The second kappa shape index (κ2) is 2.87. The molecule has 0 bridgehead atoms. The number of aliphatic hydroxyl groups is 2. The van der Waals surface area contributed by atoms with Crippen molar-refractivity contribution in [3.8, 4) is 0 Å². The summed E-state index contributed by atoms with van der Waals surface area (Å²) >= 11 is 0. The van der Waals surface area contributed by atoms with E-state index < -0.39 is 12.5 Å². The van der Waals surface area contributed by atoms with Crippen LogP contribution in [0.5, 0.6) is 0 Å². The highest BCUT2D eigenvalue weighted by Gasteiger charge is 2.14. The lowest BCUT2D eigenvalue weighted by molar-refractivity contribution is -0.00846. The molecule has 0 heterocycles. The molecule has 7 heavy (non-hydrogen) atoms. The molecule has 0 aromatic carbocycles. The third kappa shape index (κ3) is 2.47. The van der Waals surface area contributed by atoms with Gasteiger partial charge < -0.3 is 10.2 Å². The molecule has 0 aliphatic heterocycles. The smallest absolute Gasteiger partial charge is 0.266 e. The Morgan fingerprint density at radius 1 is 1.43 bits per heavy atom. The number of aliphatic hydroxyl groups excluding tert-OH is 2. The summed E-state index contributed by atoms with van der Waals surface area (Å²) in [6, 6.07) is 0. The Bertz CT molecular complexity index is 48.2. The number of halogens is 2. The summed E-state index contributed by atoms with van der Waals surface area (Å²) in [5.74, 6) is 0. The first-order valence-corrected chi connectivity index (χ1v) is 1.62. The van der Waals surface area contributed by atoms with Crippen molar-refractivity contribution < 1.29 is 19.0 Å². The molecule has 2 nitrogen and oxygen atoms in total. The van der Waals surface area contributed by atoms with Crippen LogP contribution in [0, 0.1) is 6.61 Å². The second-order valence-corrected chi connectivity index (χ2v) is 0.974. The van der Waals surface area contributed by atoms with Gasteiger partial charge in [0.1, 0.15) is 12.7 Å². The fraction of sp³-hybridized carbons (Fsp3) is 0.667. The molecular formula is C3H5F2O2. The minimum absolute atomic E-state index is 0.0463. The normalized spacial score (nSPS) is 15.0. The van der Waals surface area contributed by atoms with Gasteiger partial charge in [-0.3, -0.25) is 0 Å². The summed E-state index contributed by atoms with van der Waals surface area (Å²) in [4.78, 5) is 0. The second-order valence-electron chi connectivity index (χ2n) is 0.974. The third-order valence-electron chi connectivity index (χ3n) is 0.411. The van der Waals surface area contributed by atoms with Crippen LogP contribution in [0.15, 0.2) is 0 Å². The SMILES string of the molecule is O[CH]C(O)C(F)F. The van der Waals surface area contributed by atoms with E-state index in [-0.39, 0.29) is 6.61 Å². The highest BCUT2D eigenvalue weighted by atomic mass is 19.3. The lowest BCUT2D eigenvalue weighted by atomic mass is 10.4. The van der Waals surface area contributed by atoms with Crippen LogP contribution < -0.4 is 0 Å². The Kier molecular flexibility index (Phi) is 2.78. The van der Waals surface area contributed by atoms with Gasteiger partial charge in [-0.05, 0) is 0 Å². The van der Waals surface area contributed by atoms with Crippen LogP contribution >= 0.6 is 0 Å². The van der Waals surface area contributed by atoms with E-state index in [2.05, 4.69) is 0 Å². The summed E-state index contributed by atoms with van der Waals surface area (Å²) in [6.07, 6.45) is -4.88. The van der Waals surface area contributed by atoms with Crippen molar-refractivity contribution in [1.29, 1.82) is 0 Å². The predicted octanol–water partition coefficient (Wildman–Crippen LogP) is 0.147. The van der Waals surface area contributed by atoms with Gasteiger partial charge in [0.25, 0.3) is 6.43 Å². The standard InChI is InChI=1S/C3H5F2O2/c4-3(5)2(7)1-6/h1-3,6-7H. The molecule has 0 saturated heterocycles. The Morgan fingerprint density at radius 2 is 1.86 bits per heavy atom. The van der Waals surface area contributed by atoms with Gasteiger partial charge >= 0.3 is 0 Å². The monoisotopic (exact) mass is 111 g/mol. The molecule has 0 spiro atoms. The van der Waals surface area contributed by atoms with E-state index in [0.717, 1.165) is 0 Å². The van der Waals surface area contributed by atoms with E-state index in [9.17, 15) is 8.78 Å². The van der Waals surface area contributed by atoms with Crippen LogP contribution in [0.25, 0.3) is 0 Å². The maximum Gasteiger partial charge on any atom is 0.266 e. The zero-order valence-electron chi connectivity index (χ0n) is 3.38. The van der Waals surface area contributed by atoms with E-state index in [1.165, 1.54) is 0 Å². The van der Waals surface area contributed by atoms with Gasteiger partial charge in [0.15, 0.2) is 0 Å². The fourth-order valence-electron chi connectivity index (χ4n) is 0.0651. The molecule has 1 atom stereocenters. The third-order valence-corrected chi connectivity index (χ3v) is 0.411. The summed E-state index contributed by atoms with van der Waals surface area (Å²) in [5.41, 5.74) is 0. The van der Waals surface area contributed by atoms with Gasteiger partial charge in [0.05, 0.1) is 0 Å². The number of alkyl halides is 2. The highest BCUT2D eigenvalue weighted by molar-refractivity contribution is 4.63. The van der Waals surface area contributed by atoms with Crippen molar-refractivity contribution in [3.05, 3.63) is 6.61 Å². The molecule has 2 N–H and O–H groups in total. The lowest BCUT2D eigenvalue weighted by Crippen LogP contribution is -2.16. The first-order chi connectivity index (χ1) is 3.18. The Morgan fingerprint density at radius 3 is 1.86 bits per heavy atom. The van der Waals surface area contributed by atoms with Crippen molar-refractivity contribution >= 4 is 0 Å². The van der Waals surface area contributed by atoms with Crippen molar-refractivity contribution in [2.45, 2.75) is 12.5 Å². The largest absolute Gasteiger partial charge is 0.387 e. The van der Waals surface area contributed by atoms with Crippen LogP contribution in [-0.2, 0) is 0 Å². The highest BCUT2D eigenvalue weighted by Crippen LogP contribution is 2.00. The van der Waals surface area contributed by atoms with Crippen molar-refractivity contribution in [2.75, 3.05) is 0 Å². The van der Waals surface area contributed by atoms with Crippen molar-refractivity contribution in [3.63, 3.8) is 0 Å². The molecule has 1 radical (unpaired) electrons. The average Bonchev–Trinajstić information content (AvgIpc) is 1.65. The predicted molar refractivity (Wildman–Crippen MR) is 18.2 cm³/mol. The molecule has 0 aliphatic rings. The topological polar surface area (TPSA) is 40.5 Å². The fourth-order valence-corrected chi connectivity index (χ4v) is 0.0651. The van der Waals surface area contributed by atoms with Crippen LogP contribution in [0.2, 0.25) is 0 Å². The van der Waals surface area contributed by atoms with Crippen molar-refractivity contribution in [2.24, 2.45) is 0 Å². The number of rotatable bonds is 2. The molecule has 1 unspecified atom stereocenters. The first-order valence-electron chi connectivity index (χ1n) is 1.62. The van der Waals surface area contributed by atoms with Crippen LogP contribution in [0.3, 0.4) is 0 Å². The molecule has 0 aliphatic carbocycles. The maximum absolute atomic E-state index is 11.0. The molecule has 0 amide bonds. The Balaban J connectivity index is 3.14. The lowest BCUT2D eigenvalue weighted by Gasteiger charge is -2.00. The molecule has 0 rings (SSSR count). The minimum atomic E-state index is -2.88. The van der Waals surface area contributed by atoms with Gasteiger partial charge in [-0.1, -0.05) is 0 Å². The van der Waals surface area contributed by atoms with Gasteiger partial charge in [0.2, 0.25) is 0 Å². The number of hydrogen-bond acceptors (Lipinski definition) is 2. The summed E-state index contributed by atoms with van der Waals surface area (Å²) in [7, 11) is 0. The summed E-state index contributed by atoms with van der Waals surface area (Å²) in [6.45, 7) is 0.0463. The average molecular weight is 111 g/mol. The molecule has 4 heteroatoms. The quantitative estimate of drug-likeness (QED) is 0.532. The first kappa shape index (κ1) is 6.78. The Labute approximate surface area is 39.4 Å². The molecular weight excluding hydrogens is 106 g/mol. The van der Waals surface area contributed by atoms with Crippen LogP contribution in [0.1, 0.15) is 0 Å². The maximum atomic E-state index is 11.0.